The summed E-state index contributed by atoms with van der Waals surface area (Å²) in [5.41, 5.74) is 1.41. The van der Waals surface area contributed by atoms with Crippen LogP contribution in [0.2, 0.25) is 0 Å². The molecule has 3 heterocycles. The van der Waals surface area contributed by atoms with E-state index in [9.17, 15) is 4.79 Å². The van der Waals surface area contributed by atoms with E-state index in [4.69, 9.17) is 0 Å². The van der Waals surface area contributed by atoms with Crippen molar-refractivity contribution in [3.8, 4) is 0 Å². The highest BCUT2D eigenvalue weighted by atomic mass is 16.2. The first kappa shape index (κ1) is 17.0. The van der Waals surface area contributed by atoms with E-state index in [1.165, 1.54) is 18.4 Å². The first-order valence-electron chi connectivity index (χ1n) is 9.70. The number of likely N-dealkylation sites (tertiary alicyclic amines) is 1. The van der Waals surface area contributed by atoms with Gasteiger partial charge in [0, 0.05) is 52.4 Å². The quantitative estimate of drug-likeness (QED) is 0.823. The predicted molar refractivity (Wildman–Crippen MR) is 99.3 cm³/mol. The Bertz CT molecular complexity index is 585. The van der Waals surface area contributed by atoms with Crippen molar-refractivity contribution in [2.75, 3.05) is 52.9 Å². The molecule has 3 aliphatic heterocycles. The number of rotatable bonds is 3. The molecule has 1 aromatic carbocycles. The molecule has 5 heteroatoms. The highest BCUT2D eigenvalue weighted by Crippen LogP contribution is 2.23. The Balaban J connectivity index is 1.30. The van der Waals surface area contributed by atoms with E-state index in [1.807, 2.05) is 11.9 Å². The Morgan fingerprint density at radius 2 is 1.60 bits per heavy atom. The molecule has 3 saturated heterocycles. The summed E-state index contributed by atoms with van der Waals surface area (Å²) in [6.07, 6.45) is 2.45. The second-order valence-electron chi connectivity index (χ2n) is 7.80. The van der Waals surface area contributed by atoms with Crippen LogP contribution in [0.3, 0.4) is 0 Å². The molecule has 136 valence electrons. The van der Waals surface area contributed by atoms with Crippen LogP contribution in [0.25, 0.3) is 0 Å². The molecule has 3 aliphatic rings. The summed E-state index contributed by atoms with van der Waals surface area (Å²) >= 11 is 0. The van der Waals surface area contributed by atoms with Gasteiger partial charge in [-0.05, 0) is 31.5 Å². The SMILES string of the molecule is CN1CCN2CCN(C3CCN(Cc4ccccc4)CC3)C[C@H]2C1=O. The van der Waals surface area contributed by atoms with Gasteiger partial charge in [0.15, 0.2) is 0 Å². The van der Waals surface area contributed by atoms with Gasteiger partial charge in [-0.3, -0.25) is 19.5 Å². The van der Waals surface area contributed by atoms with Crippen LogP contribution in [0.15, 0.2) is 30.3 Å². The molecule has 0 bridgehead atoms. The van der Waals surface area contributed by atoms with Crippen molar-refractivity contribution in [1.82, 2.24) is 19.6 Å². The largest absolute Gasteiger partial charge is 0.343 e. The zero-order chi connectivity index (χ0) is 17.2. The normalized spacial score (nSPS) is 27.5. The maximum Gasteiger partial charge on any atom is 0.241 e. The van der Waals surface area contributed by atoms with Gasteiger partial charge < -0.3 is 4.90 Å². The van der Waals surface area contributed by atoms with E-state index in [2.05, 4.69) is 45.0 Å². The van der Waals surface area contributed by atoms with Gasteiger partial charge >= 0.3 is 0 Å². The van der Waals surface area contributed by atoms with Gasteiger partial charge in [0.05, 0.1) is 0 Å². The van der Waals surface area contributed by atoms with Gasteiger partial charge in [-0.15, -0.1) is 0 Å². The molecule has 0 aromatic heterocycles. The molecule has 1 atom stereocenters. The first-order valence-corrected chi connectivity index (χ1v) is 9.70. The number of hydrogen-bond acceptors (Lipinski definition) is 4. The first-order chi connectivity index (χ1) is 12.2. The minimum atomic E-state index is 0.0925. The van der Waals surface area contributed by atoms with Gasteiger partial charge in [-0.2, -0.15) is 0 Å². The van der Waals surface area contributed by atoms with E-state index in [-0.39, 0.29) is 6.04 Å². The van der Waals surface area contributed by atoms with Crippen LogP contribution >= 0.6 is 0 Å². The van der Waals surface area contributed by atoms with Crippen molar-refractivity contribution >= 4 is 5.91 Å². The maximum absolute atomic E-state index is 12.5. The highest BCUT2D eigenvalue weighted by molar-refractivity contribution is 5.82. The molecule has 0 aliphatic carbocycles. The summed E-state index contributed by atoms with van der Waals surface area (Å²) in [5.74, 6) is 0.317. The Morgan fingerprint density at radius 1 is 0.920 bits per heavy atom. The second kappa shape index (κ2) is 7.44. The monoisotopic (exact) mass is 342 g/mol. The summed E-state index contributed by atoms with van der Waals surface area (Å²) < 4.78 is 0. The van der Waals surface area contributed by atoms with Crippen molar-refractivity contribution in [1.29, 1.82) is 0 Å². The van der Waals surface area contributed by atoms with Crippen molar-refractivity contribution in [2.45, 2.75) is 31.5 Å². The van der Waals surface area contributed by atoms with Crippen LogP contribution < -0.4 is 0 Å². The lowest BCUT2D eigenvalue weighted by Gasteiger charge is -2.48. The fourth-order valence-corrected chi connectivity index (χ4v) is 4.60. The Labute approximate surface area is 151 Å². The molecule has 0 unspecified atom stereocenters. The Morgan fingerprint density at radius 3 is 2.36 bits per heavy atom. The third-order valence-corrected chi connectivity index (χ3v) is 6.23. The van der Waals surface area contributed by atoms with Crippen molar-refractivity contribution in [2.24, 2.45) is 0 Å². The number of carbonyl (C=O) groups is 1. The molecule has 0 N–H and O–H groups in total. The van der Waals surface area contributed by atoms with E-state index in [0.29, 0.717) is 11.9 Å². The fourth-order valence-electron chi connectivity index (χ4n) is 4.60. The number of piperidine rings is 1. The van der Waals surface area contributed by atoms with Gasteiger partial charge in [-0.1, -0.05) is 30.3 Å². The van der Waals surface area contributed by atoms with Crippen LogP contribution in [0.4, 0.5) is 0 Å². The third-order valence-electron chi connectivity index (χ3n) is 6.23. The van der Waals surface area contributed by atoms with E-state index in [0.717, 1.165) is 52.4 Å². The molecule has 0 radical (unpaired) electrons. The summed E-state index contributed by atoms with van der Waals surface area (Å²) in [6, 6.07) is 11.5. The zero-order valence-corrected chi connectivity index (χ0v) is 15.3. The highest BCUT2D eigenvalue weighted by Gasteiger charge is 2.39. The van der Waals surface area contributed by atoms with Crippen LogP contribution in [0.1, 0.15) is 18.4 Å². The molecule has 3 fully saturated rings. The fraction of sp³-hybridized carbons (Fsp3) is 0.650. The lowest BCUT2D eigenvalue weighted by molar-refractivity contribution is -0.144. The zero-order valence-electron chi connectivity index (χ0n) is 15.3. The molecule has 0 spiro atoms. The number of hydrogen-bond donors (Lipinski definition) is 0. The summed E-state index contributed by atoms with van der Waals surface area (Å²) in [4.78, 5) is 22.0. The molecule has 1 amide bonds. The molecule has 4 rings (SSSR count). The lowest BCUT2D eigenvalue weighted by Crippen LogP contribution is -2.65. The molecule has 0 saturated carbocycles. The van der Waals surface area contributed by atoms with E-state index in [1.54, 1.807) is 0 Å². The van der Waals surface area contributed by atoms with E-state index >= 15 is 0 Å². The van der Waals surface area contributed by atoms with Crippen LogP contribution in [0.5, 0.6) is 0 Å². The molecular weight excluding hydrogens is 312 g/mol. The average molecular weight is 342 g/mol. The van der Waals surface area contributed by atoms with Gasteiger partial charge in [0.2, 0.25) is 5.91 Å². The third kappa shape index (κ3) is 3.73. The van der Waals surface area contributed by atoms with Gasteiger partial charge in [-0.25, -0.2) is 0 Å². The van der Waals surface area contributed by atoms with Gasteiger partial charge in [0.25, 0.3) is 0 Å². The average Bonchev–Trinajstić information content (AvgIpc) is 2.66. The lowest BCUT2D eigenvalue weighted by atomic mass is 9.99. The molecule has 1 aromatic rings. The number of benzene rings is 1. The van der Waals surface area contributed by atoms with Crippen molar-refractivity contribution in [3.05, 3.63) is 35.9 Å². The number of amides is 1. The smallest absolute Gasteiger partial charge is 0.241 e. The minimum Gasteiger partial charge on any atom is -0.343 e. The molecule has 5 nitrogen and oxygen atoms in total. The summed E-state index contributed by atoms with van der Waals surface area (Å²) in [6.45, 7) is 8.41. The summed E-state index contributed by atoms with van der Waals surface area (Å²) in [7, 11) is 1.95. The second-order valence-corrected chi connectivity index (χ2v) is 7.80. The Kier molecular flexibility index (Phi) is 5.06. The maximum atomic E-state index is 12.5. The predicted octanol–water partition coefficient (Wildman–Crippen LogP) is 1.11. The van der Waals surface area contributed by atoms with Crippen molar-refractivity contribution < 1.29 is 4.79 Å². The number of carbonyl (C=O) groups excluding carboxylic acids is 1. The van der Waals surface area contributed by atoms with Gasteiger partial charge in [0.1, 0.15) is 6.04 Å². The number of fused-ring (bicyclic) bond motifs is 1. The molecule has 25 heavy (non-hydrogen) atoms. The minimum absolute atomic E-state index is 0.0925. The Hall–Kier alpha value is -1.43. The van der Waals surface area contributed by atoms with Crippen LogP contribution in [-0.4, -0.2) is 90.5 Å². The standard InChI is InChI=1S/C20H30N4O/c1-21-11-12-23-13-14-24(16-19(23)20(21)25)18-7-9-22(10-8-18)15-17-5-3-2-4-6-17/h2-6,18-19H,7-16H2,1H3/t19-/m0/s1. The number of piperazine rings is 2. The number of likely N-dealkylation sites (N-methyl/N-ethyl adjacent to an activating group) is 1. The van der Waals surface area contributed by atoms with E-state index < -0.39 is 0 Å². The number of nitrogens with zero attached hydrogens (tertiary/aromatic N) is 4. The van der Waals surface area contributed by atoms with Crippen LogP contribution in [-0.2, 0) is 11.3 Å². The topological polar surface area (TPSA) is 30.0 Å². The van der Waals surface area contributed by atoms with Crippen LogP contribution in [0, 0.1) is 0 Å². The summed E-state index contributed by atoms with van der Waals surface area (Å²) in [5, 5.41) is 0. The van der Waals surface area contributed by atoms with Crippen molar-refractivity contribution in [3.63, 3.8) is 0 Å². The molecular formula is C20H30N4O.